The Bertz CT molecular complexity index is 670. The van der Waals surface area contributed by atoms with Crippen LogP contribution < -0.4 is 0 Å². The van der Waals surface area contributed by atoms with Gasteiger partial charge in [-0.2, -0.15) is 0 Å². The molecule has 1 aromatic rings. The van der Waals surface area contributed by atoms with Crippen LogP contribution in [0.3, 0.4) is 0 Å². The van der Waals surface area contributed by atoms with Gasteiger partial charge in [-0.05, 0) is 50.1 Å². The second-order valence-electron chi connectivity index (χ2n) is 6.12. The molecular weight excluding hydrogens is 364 g/mol. The Morgan fingerprint density at radius 2 is 1.85 bits per heavy atom. The molecule has 0 aromatic heterocycles. The van der Waals surface area contributed by atoms with Crippen LogP contribution in [0.4, 0.5) is 4.79 Å². The van der Waals surface area contributed by atoms with Crippen molar-refractivity contribution in [3.8, 4) is 0 Å². The van der Waals surface area contributed by atoms with Gasteiger partial charge in [0, 0.05) is 26.1 Å². The van der Waals surface area contributed by atoms with Crippen molar-refractivity contribution in [1.82, 2.24) is 9.80 Å². The van der Waals surface area contributed by atoms with Gasteiger partial charge in [0.1, 0.15) is 4.99 Å². The van der Waals surface area contributed by atoms with E-state index in [9.17, 15) is 9.59 Å². The van der Waals surface area contributed by atoms with Crippen LogP contribution in [-0.4, -0.2) is 45.6 Å². The van der Waals surface area contributed by atoms with Crippen molar-refractivity contribution in [2.24, 2.45) is 0 Å². The smallest absolute Gasteiger partial charge is 0.291 e. The summed E-state index contributed by atoms with van der Waals surface area (Å²) < 4.78 is 0. The highest BCUT2D eigenvalue weighted by Crippen LogP contribution is 2.33. The number of benzene rings is 1. The summed E-state index contributed by atoms with van der Waals surface area (Å²) in [5, 5.41) is -0.00333. The van der Waals surface area contributed by atoms with Crippen molar-refractivity contribution in [3.05, 3.63) is 40.8 Å². The Kier molecular flexibility index (Phi) is 8.32. The predicted octanol–water partition coefficient (Wildman–Crippen LogP) is 4.95. The summed E-state index contributed by atoms with van der Waals surface area (Å²) in [6.07, 6.45) is 5.17. The molecule has 1 aliphatic rings. The number of rotatable bonds is 9. The van der Waals surface area contributed by atoms with Crippen LogP contribution in [0.1, 0.15) is 45.1 Å². The van der Waals surface area contributed by atoms with E-state index in [1.165, 1.54) is 11.8 Å². The van der Waals surface area contributed by atoms with Crippen LogP contribution in [0.25, 0.3) is 6.08 Å². The second kappa shape index (κ2) is 10.5. The van der Waals surface area contributed by atoms with Gasteiger partial charge in [-0.3, -0.25) is 14.5 Å². The van der Waals surface area contributed by atoms with Crippen molar-refractivity contribution in [2.75, 3.05) is 19.6 Å². The fraction of sp³-hybridized carbons (Fsp3) is 0.450. The van der Waals surface area contributed by atoms with Gasteiger partial charge < -0.3 is 4.90 Å². The number of nitrogens with zero attached hydrogens (tertiary/aromatic N) is 2. The quantitative estimate of drug-likeness (QED) is 0.340. The zero-order valence-electron chi connectivity index (χ0n) is 15.4. The first kappa shape index (κ1) is 20.6. The molecule has 1 aromatic carbocycles. The lowest BCUT2D eigenvalue weighted by Gasteiger charge is -2.18. The molecule has 6 heteroatoms. The Labute approximate surface area is 165 Å². The van der Waals surface area contributed by atoms with E-state index in [1.807, 2.05) is 55.2 Å². The molecule has 2 amide bonds. The average molecular weight is 391 g/mol. The van der Waals surface area contributed by atoms with Crippen molar-refractivity contribution in [3.63, 3.8) is 0 Å². The number of hydrogen-bond donors (Lipinski definition) is 0. The Balaban J connectivity index is 1.78. The highest BCUT2D eigenvalue weighted by atomic mass is 32.2. The van der Waals surface area contributed by atoms with Gasteiger partial charge in [-0.25, -0.2) is 0 Å². The summed E-state index contributed by atoms with van der Waals surface area (Å²) in [5.41, 5.74) is 1.04. The van der Waals surface area contributed by atoms with E-state index in [1.54, 1.807) is 4.90 Å². The highest BCUT2D eigenvalue weighted by Gasteiger charge is 2.31. The first-order valence-electron chi connectivity index (χ1n) is 9.15. The monoisotopic (exact) mass is 390 g/mol. The molecule has 1 saturated heterocycles. The molecular formula is C20H26N2O2S2. The third-order valence-electron chi connectivity index (χ3n) is 4.36. The van der Waals surface area contributed by atoms with Crippen molar-refractivity contribution >= 4 is 46.2 Å². The fourth-order valence-electron chi connectivity index (χ4n) is 2.85. The van der Waals surface area contributed by atoms with E-state index in [0.29, 0.717) is 18.0 Å². The zero-order chi connectivity index (χ0) is 18.9. The lowest BCUT2D eigenvalue weighted by atomic mass is 10.1. The summed E-state index contributed by atoms with van der Waals surface area (Å²) in [6, 6.07) is 9.89. The summed E-state index contributed by atoms with van der Waals surface area (Å²) in [5.74, 6) is 0.214. The maximum Gasteiger partial charge on any atom is 0.291 e. The molecule has 4 nitrogen and oxygen atoms in total. The molecule has 0 aliphatic carbocycles. The summed E-state index contributed by atoms with van der Waals surface area (Å²) in [4.78, 5) is 29.2. The van der Waals surface area contributed by atoms with E-state index in [2.05, 4.69) is 0 Å². The van der Waals surface area contributed by atoms with Gasteiger partial charge in [0.05, 0.1) is 4.91 Å². The largest absolute Gasteiger partial charge is 0.343 e. The lowest BCUT2D eigenvalue weighted by Crippen LogP contribution is -2.30. The minimum absolute atomic E-state index is 0.00333. The third kappa shape index (κ3) is 5.68. The summed E-state index contributed by atoms with van der Waals surface area (Å²) in [6.45, 7) is 6.15. The highest BCUT2D eigenvalue weighted by molar-refractivity contribution is 8.19. The van der Waals surface area contributed by atoms with Gasteiger partial charge in [0.15, 0.2) is 0 Å². The molecule has 0 N–H and O–H groups in total. The van der Waals surface area contributed by atoms with Gasteiger partial charge in [0.2, 0.25) is 5.91 Å². The van der Waals surface area contributed by atoms with Crippen LogP contribution in [0.2, 0.25) is 0 Å². The van der Waals surface area contributed by atoms with Gasteiger partial charge >= 0.3 is 0 Å². The van der Waals surface area contributed by atoms with Crippen LogP contribution in [0.15, 0.2) is 35.2 Å². The van der Waals surface area contributed by atoms with Crippen molar-refractivity contribution in [1.29, 1.82) is 0 Å². The number of unbranched alkanes of at least 4 members (excludes halogenated alkanes) is 2. The molecule has 0 radical (unpaired) electrons. The Hall–Kier alpha value is -1.66. The molecule has 0 bridgehead atoms. The van der Waals surface area contributed by atoms with Crippen LogP contribution in [0, 0.1) is 0 Å². The number of hydrogen-bond acceptors (Lipinski definition) is 4. The maximum atomic E-state index is 12.2. The first-order chi connectivity index (χ1) is 12.6. The Morgan fingerprint density at radius 1 is 1.15 bits per heavy atom. The lowest BCUT2D eigenvalue weighted by molar-refractivity contribution is -0.130. The van der Waals surface area contributed by atoms with Gasteiger partial charge in [-0.15, -0.1) is 0 Å². The molecule has 0 atom stereocenters. The molecule has 1 heterocycles. The number of carbonyl (C=O) groups excluding carboxylic acids is 2. The number of carbonyl (C=O) groups is 2. The number of amides is 2. The molecule has 26 heavy (non-hydrogen) atoms. The van der Waals surface area contributed by atoms with E-state index in [-0.39, 0.29) is 11.1 Å². The topological polar surface area (TPSA) is 40.6 Å². The second-order valence-corrected chi connectivity index (χ2v) is 7.50. The summed E-state index contributed by atoms with van der Waals surface area (Å²) >= 11 is 6.68. The molecule has 0 unspecified atom stereocenters. The molecule has 0 spiro atoms. The molecule has 140 valence electrons. The normalized spacial score (nSPS) is 15.8. The number of thiocarbonyl (C=S) groups is 1. The minimum Gasteiger partial charge on any atom is -0.343 e. The summed E-state index contributed by atoms with van der Waals surface area (Å²) in [7, 11) is 0. The van der Waals surface area contributed by atoms with E-state index in [4.69, 9.17) is 12.2 Å². The van der Waals surface area contributed by atoms with Crippen molar-refractivity contribution < 1.29 is 9.59 Å². The average Bonchev–Trinajstić information content (AvgIpc) is 2.90. The third-order valence-corrected chi connectivity index (χ3v) is 5.86. The molecule has 2 rings (SSSR count). The fourth-order valence-corrected chi connectivity index (χ4v) is 4.14. The molecule has 0 saturated carbocycles. The minimum atomic E-state index is -0.00333. The maximum absolute atomic E-state index is 12.2. The van der Waals surface area contributed by atoms with Crippen molar-refractivity contribution in [2.45, 2.75) is 39.5 Å². The van der Waals surface area contributed by atoms with Crippen LogP contribution in [-0.2, 0) is 4.79 Å². The number of thioether (sulfide) groups is 1. The van der Waals surface area contributed by atoms with E-state index < -0.39 is 0 Å². The van der Waals surface area contributed by atoms with Gasteiger partial charge in [-0.1, -0.05) is 49.0 Å². The first-order valence-corrected chi connectivity index (χ1v) is 10.4. The SMILES string of the molecule is CCN(CC)C(=O)CCCCCN1C(=O)S/C(=C/c2ccccc2)C1=S. The standard InChI is InChI=1S/C20H26N2O2S2/c1-3-21(4-2)18(23)13-9-6-10-14-22-19(25)17(26-20(22)24)15-16-11-7-5-8-12-16/h5,7-8,11-12,15H,3-4,6,9-10,13-14H2,1-2H3/b17-15+. The Morgan fingerprint density at radius 3 is 2.50 bits per heavy atom. The molecule has 1 fully saturated rings. The zero-order valence-corrected chi connectivity index (χ0v) is 17.1. The van der Waals surface area contributed by atoms with Gasteiger partial charge in [0.25, 0.3) is 5.24 Å². The molecule has 1 aliphatic heterocycles. The van der Waals surface area contributed by atoms with E-state index >= 15 is 0 Å². The van der Waals surface area contributed by atoms with Crippen LogP contribution in [0.5, 0.6) is 0 Å². The predicted molar refractivity (Wildman–Crippen MR) is 113 cm³/mol. The van der Waals surface area contributed by atoms with E-state index in [0.717, 1.165) is 42.8 Å². The van der Waals surface area contributed by atoms with Crippen LogP contribution >= 0.6 is 24.0 Å².